The molecule has 0 saturated carbocycles. The number of nitriles is 1. The van der Waals surface area contributed by atoms with Crippen LogP contribution in [0.4, 0.5) is 17.1 Å². The van der Waals surface area contributed by atoms with Crippen LogP contribution in [0.5, 0.6) is 0 Å². The third kappa shape index (κ3) is 5.09. The van der Waals surface area contributed by atoms with Crippen LogP contribution in [-0.4, -0.2) is 31.9 Å². The quantitative estimate of drug-likeness (QED) is 0.131. The summed E-state index contributed by atoms with van der Waals surface area (Å²) in [5, 5.41) is 23.3. The first-order valence-electron chi connectivity index (χ1n) is 13.4. The number of ketones is 1. The maximum absolute atomic E-state index is 12.7. The van der Waals surface area contributed by atoms with E-state index in [2.05, 4.69) is 31.9 Å². The number of rotatable bonds is 7. The van der Waals surface area contributed by atoms with Crippen molar-refractivity contribution in [2.75, 3.05) is 10.6 Å². The van der Waals surface area contributed by atoms with Crippen molar-refractivity contribution in [2.24, 2.45) is 0 Å². The molecule has 0 spiro atoms. The maximum atomic E-state index is 12.7. The lowest BCUT2D eigenvalue weighted by Crippen LogP contribution is -2.13. The number of H-pyrrole nitrogens is 2. The summed E-state index contributed by atoms with van der Waals surface area (Å²) >= 11 is 0. The maximum Gasteiger partial charge on any atom is 0.256 e. The fourth-order valence-electron chi connectivity index (χ4n) is 4.81. The molecule has 0 aliphatic carbocycles. The van der Waals surface area contributed by atoms with Crippen LogP contribution >= 0.6 is 0 Å². The van der Waals surface area contributed by atoms with E-state index in [9.17, 15) is 14.9 Å². The topological polar surface area (TPSA) is 139 Å². The van der Waals surface area contributed by atoms with Crippen molar-refractivity contribution in [2.45, 2.75) is 26.2 Å². The van der Waals surface area contributed by atoms with Crippen LogP contribution < -0.4 is 10.6 Å². The Morgan fingerprint density at radius 3 is 2.57 bits per heavy atom. The smallest absolute Gasteiger partial charge is 0.256 e. The molecule has 0 radical (unpaired) electrons. The Bertz CT molecular complexity index is 1940. The molecule has 0 unspecified atom stereocenters. The first-order chi connectivity index (χ1) is 20.2. The number of carbonyl (C=O) groups is 2. The highest BCUT2D eigenvalue weighted by Gasteiger charge is 2.25. The summed E-state index contributed by atoms with van der Waals surface area (Å²) in [4.78, 5) is 32.1. The summed E-state index contributed by atoms with van der Waals surface area (Å²) in [5.41, 5.74) is 6.88. The summed E-state index contributed by atoms with van der Waals surface area (Å²) < 4.78 is 0. The van der Waals surface area contributed by atoms with Crippen molar-refractivity contribution >= 4 is 40.4 Å². The first kappa shape index (κ1) is 26.5. The van der Waals surface area contributed by atoms with Gasteiger partial charge in [0.05, 0.1) is 22.7 Å². The Labute approximate surface area is 242 Å². The van der Waals surface area contributed by atoms with Crippen LogP contribution in [0.15, 0.2) is 79.0 Å². The largest absolute Gasteiger partial charge is 0.361 e. The molecule has 42 heavy (non-hydrogen) atoms. The molecule has 6 rings (SSSR count). The molecule has 9 heteroatoms. The average Bonchev–Trinajstić information content (AvgIpc) is 3.73. The van der Waals surface area contributed by atoms with Gasteiger partial charge < -0.3 is 15.6 Å². The molecular formula is C33H27N7O2. The summed E-state index contributed by atoms with van der Waals surface area (Å²) in [7, 11) is 0. The number of aromatic nitrogens is 4. The molecule has 3 aromatic carbocycles. The summed E-state index contributed by atoms with van der Waals surface area (Å²) in [5.74, 6) is 0.925. The lowest BCUT2D eigenvalue weighted by molar-refractivity contribution is -0.110. The number of benzene rings is 3. The molecule has 206 valence electrons. The summed E-state index contributed by atoms with van der Waals surface area (Å²) in [6, 6.07) is 25.3. The number of hydrogen-bond donors (Lipinski definition) is 4. The monoisotopic (exact) mass is 553 g/mol. The number of amides is 1. The highest BCUT2D eigenvalue weighted by molar-refractivity contribution is 6.35. The Morgan fingerprint density at radius 2 is 1.79 bits per heavy atom. The third-order valence-corrected chi connectivity index (χ3v) is 7.25. The van der Waals surface area contributed by atoms with Gasteiger partial charge in [-0.15, -0.1) is 0 Å². The number of nitrogens with one attached hydrogen (secondary N) is 4. The van der Waals surface area contributed by atoms with E-state index in [0.717, 1.165) is 33.6 Å². The van der Waals surface area contributed by atoms with E-state index in [1.807, 2.05) is 80.6 Å². The fourth-order valence-corrected chi connectivity index (χ4v) is 4.81. The zero-order chi connectivity index (χ0) is 29.4. The molecule has 0 atom stereocenters. The highest BCUT2D eigenvalue weighted by Crippen LogP contribution is 2.36. The number of fused-ring (bicyclic) bond motifs is 1. The number of Topliss-reactive ketones (excluding diaryl/α,β-unsaturated/α-hetero) is 1. The Balaban J connectivity index is 1.21. The van der Waals surface area contributed by atoms with Crippen LogP contribution in [0.25, 0.3) is 34.4 Å². The molecule has 9 nitrogen and oxygen atoms in total. The van der Waals surface area contributed by atoms with Crippen LogP contribution in [0.2, 0.25) is 0 Å². The van der Waals surface area contributed by atoms with Gasteiger partial charge in [-0.1, -0.05) is 36.4 Å². The van der Waals surface area contributed by atoms with E-state index in [1.165, 1.54) is 6.92 Å². The number of anilines is 3. The van der Waals surface area contributed by atoms with E-state index in [1.54, 1.807) is 18.3 Å². The standard InChI is InChI=1S/C33H27N7O2/c1-19(41)22-14-26(35-17-22)15-28-27-11-10-25(16-29(27)37-32(28)42)36-24-9-5-7-21(13-24)31-38-30(39-40-31)20-6-4-8-23(12-20)33(2,3)18-34/h4-17,35-36H,1-3H3,(H,37,42)(H,38,39,40)/b28-15-. The van der Waals surface area contributed by atoms with Crippen molar-refractivity contribution in [1.29, 1.82) is 5.26 Å². The van der Waals surface area contributed by atoms with E-state index in [-0.39, 0.29) is 11.7 Å². The van der Waals surface area contributed by atoms with Crippen molar-refractivity contribution in [3.05, 3.63) is 101 Å². The number of hydrogen-bond acceptors (Lipinski definition) is 6. The molecule has 5 aromatic rings. The first-order valence-corrected chi connectivity index (χ1v) is 13.4. The predicted molar refractivity (Wildman–Crippen MR) is 163 cm³/mol. The van der Waals surface area contributed by atoms with Gasteiger partial charge in [0.15, 0.2) is 17.4 Å². The van der Waals surface area contributed by atoms with Crippen molar-refractivity contribution in [3.63, 3.8) is 0 Å². The summed E-state index contributed by atoms with van der Waals surface area (Å²) in [6.45, 7) is 5.27. The van der Waals surface area contributed by atoms with Gasteiger partial charge in [-0.25, -0.2) is 4.98 Å². The average molecular weight is 554 g/mol. The van der Waals surface area contributed by atoms with Gasteiger partial charge in [0.1, 0.15) is 0 Å². The SMILES string of the molecule is CC(=O)c1c[nH]c(/C=C2\C(=O)Nc3cc(Nc4cccc(-c5nc(-c6cccc(C(C)(C)C#N)c6)n[nH]5)c4)ccc32)c1. The fraction of sp³-hybridized carbons (Fsp3) is 0.121. The Morgan fingerprint density at radius 1 is 1.00 bits per heavy atom. The van der Waals surface area contributed by atoms with Crippen molar-refractivity contribution < 1.29 is 9.59 Å². The Kier molecular flexibility index (Phi) is 6.51. The lowest BCUT2D eigenvalue weighted by Gasteiger charge is -2.15. The number of carbonyl (C=O) groups excluding carboxylic acids is 2. The van der Waals surface area contributed by atoms with E-state index >= 15 is 0 Å². The number of nitrogens with zero attached hydrogens (tertiary/aromatic N) is 3. The molecule has 4 N–H and O–H groups in total. The zero-order valence-corrected chi connectivity index (χ0v) is 23.2. The molecule has 2 aromatic heterocycles. The van der Waals surface area contributed by atoms with E-state index in [0.29, 0.717) is 34.2 Å². The van der Waals surface area contributed by atoms with Crippen molar-refractivity contribution in [3.8, 4) is 28.8 Å². The van der Waals surface area contributed by atoms with Crippen LogP contribution in [0, 0.1) is 11.3 Å². The minimum atomic E-state index is -0.615. The molecule has 0 fully saturated rings. The second kappa shape index (κ2) is 10.3. The molecule has 3 heterocycles. The van der Waals surface area contributed by atoms with Gasteiger partial charge in [0.2, 0.25) is 0 Å². The molecule has 1 aliphatic rings. The molecule has 1 amide bonds. The molecular weight excluding hydrogens is 526 g/mol. The van der Waals surface area contributed by atoms with E-state index in [4.69, 9.17) is 4.98 Å². The second-order valence-electron chi connectivity index (χ2n) is 10.7. The highest BCUT2D eigenvalue weighted by atomic mass is 16.2. The minimum Gasteiger partial charge on any atom is -0.361 e. The lowest BCUT2D eigenvalue weighted by atomic mass is 9.85. The molecule has 0 bridgehead atoms. The number of aromatic amines is 2. The van der Waals surface area contributed by atoms with Gasteiger partial charge in [-0.2, -0.15) is 10.4 Å². The van der Waals surface area contributed by atoms with E-state index < -0.39 is 5.41 Å². The van der Waals surface area contributed by atoms with Gasteiger partial charge in [0.25, 0.3) is 5.91 Å². The predicted octanol–water partition coefficient (Wildman–Crippen LogP) is 6.71. The van der Waals surface area contributed by atoms with Gasteiger partial charge in [-0.05, 0) is 68.8 Å². The van der Waals surface area contributed by atoms with Gasteiger partial charge >= 0.3 is 0 Å². The van der Waals surface area contributed by atoms with Crippen LogP contribution in [0.1, 0.15) is 48.0 Å². The van der Waals surface area contributed by atoms with Crippen molar-refractivity contribution in [1.82, 2.24) is 20.2 Å². The van der Waals surface area contributed by atoms with Crippen LogP contribution in [0.3, 0.4) is 0 Å². The third-order valence-electron chi connectivity index (χ3n) is 7.25. The zero-order valence-electron chi connectivity index (χ0n) is 23.2. The minimum absolute atomic E-state index is 0.0402. The second-order valence-corrected chi connectivity index (χ2v) is 10.7. The molecule has 1 aliphatic heterocycles. The summed E-state index contributed by atoms with van der Waals surface area (Å²) in [6.07, 6.45) is 3.38. The van der Waals surface area contributed by atoms with Crippen LogP contribution in [-0.2, 0) is 10.2 Å². The van der Waals surface area contributed by atoms with Gasteiger partial charge in [0, 0.05) is 45.5 Å². The molecule has 0 saturated heterocycles. The van der Waals surface area contributed by atoms with Gasteiger partial charge in [-0.3, -0.25) is 14.7 Å². The normalized spacial score (nSPS) is 13.5. The Hall–Kier alpha value is -5.75.